The molecule has 16 heavy (non-hydrogen) atoms. The Balaban J connectivity index is 4.39. The minimum atomic E-state index is -2.87. The molecule has 0 heterocycles. The molecular formula is C12H27O3P. The van der Waals surface area contributed by atoms with Crippen LogP contribution in [0.3, 0.4) is 0 Å². The van der Waals surface area contributed by atoms with E-state index in [9.17, 15) is 4.57 Å². The van der Waals surface area contributed by atoms with Crippen LogP contribution in [0.1, 0.15) is 59.8 Å². The van der Waals surface area contributed by atoms with Crippen molar-refractivity contribution in [3.8, 4) is 0 Å². The van der Waals surface area contributed by atoms with E-state index in [1.54, 1.807) is 0 Å². The van der Waals surface area contributed by atoms with Gasteiger partial charge < -0.3 is 9.05 Å². The van der Waals surface area contributed by atoms with Gasteiger partial charge in [0.05, 0.1) is 18.9 Å². The molecule has 0 saturated heterocycles. The number of rotatable bonds is 10. The second-order valence-electron chi connectivity index (χ2n) is 3.93. The molecule has 98 valence electrons. The summed E-state index contributed by atoms with van der Waals surface area (Å²) in [7, 11) is -2.87. The molecule has 1 atom stereocenters. The quantitative estimate of drug-likeness (QED) is 0.419. The summed E-state index contributed by atoms with van der Waals surface area (Å²) in [5.74, 6) is 0. The van der Waals surface area contributed by atoms with E-state index >= 15 is 0 Å². The summed E-state index contributed by atoms with van der Waals surface area (Å²) < 4.78 is 23.3. The standard InChI is InChI=1S/C12H27O3P/c1-5-9-10-11-12(6-2)16(13,14-7-3)15-8-4/h12H,5-11H2,1-4H3. The molecule has 0 aromatic carbocycles. The van der Waals surface area contributed by atoms with Crippen LogP contribution < -0.4 is 0 Å². The highest BCUT2D eigenvalue weighted by atomic mass is 31.2. The Labute approximate surface area is 100 Å². The first-order valence-corrected chi connectivity index (χ1v) is 8.14. The zero-order valence-electron chi connectivity index (χ0n) is 11.2. The van der Waals surface area contributed by atoms with E-state index in [0.717, 1.165) is 19.3 Å². The lowest BCUT2D eigenvalue weighted by Crippen LogP contribution is -2.12. The Bertz CT molecular complexity index is 196. The summed E-state index contributed by atoms with van der Waals surface area (Å²) >= 11 is 0. The fraction of sp³-hybridized carbons (Fsp3) is 1.00. The Morgan fingerprint density at radius 3 is 1.94 bits per heavy atom. The molecule has 4 heteroatoms. The summed E-state index contributed by atoms with van der Waals surface area (Å²) in [5, 5.41) is 0. The average Bonchev–Trinajstić information content (AvgIpc) is 2.25. The third-order valence-corrected chi connectivity index (χ3v) is 5.43. The molecule has 0 radical (unpaired) electrons. The summed E-state index contributed by atoms with van der Waals surface area (Å²) in [6.07, 6.45) is 5.29. The third-order valence-electron chi connectivity index (χ3n) is 2.68. The predicted molar refractivity (Wildman–Crippen MR) is 69.1 cm³/mol. The first-order valence-electron chi connectivity index (χ1n) is 6.53. The smallest absolute Gasteiger partial charge is 0.309 e. The molecule has 0 spiro atoms. The lowest BCUT2D eigenvalue weighted by atomic mass is 10.1. The molecule has 0 aliphatic carbocycles. The van der Waals surface area contributed by atoms with E-state index in [1.165, 1.54) is 12.8 Å². The molecule has 0 fully saturated rings. The highest BCUT2D eigenvalue weighted by Crippen LogP contribution is 2.55. The van der Waals surface area contributed by atoms with Crippen molar-refractivity contribution in [1.29, 1.82) is 0 Å². The van der Waals surface area contributed by atoms with Gasteiger partial charge in [-0.15, -0.1) is 0 Å². The molecule has 0 aliphatic rings. The Kier molecular flexibility index (Phi) is 9.29. The Morgan fingerprint density at radius 1 is 1.00 bits per heavy atom. The molecule has 3 nitrogen and oxygen atoms in total. The lowest BCUT2D eigenvalue weighted by Gasteiger charge is -2.25. The maximum atomic E-state index is 12.5. The van der Waals surface area contributed by atoms with Gasteiger partial charge in [-0.2, -0.15) is 0 Å². The highest BCUT2D eigenvalue weighted by molar-refractivity contribution is 7.54. The van der Waals surface area contributed by atoms with E-state index in [4.69, 9.17) is 9.05 Å². The largest absolute Gasteiger partial charge is 0.333 e. The van der Waals surface area contributed by atoms with Gasteiger partial charge in [0.15, 0.2) is 0 Å². The van der Waals surface area contributed by atoms with Crippen LogP contribution in [0.5, 0.6) is 0 Å². The zero-order valence-corrected chi connectivity index (χ0v) is 12.1. The van der Waals surface area contributed by atoms with Gasteiger partial charge >= 0.3 is 7.60 Å². The second-order valence-corrected chi connectivity index (χ2v) is 6.26. The summed E-state index contributed by atoms with van der Waals surface area (Å²) in [4.78, 5) is 0. The third kappa shape index (κ3) is 5.47. The van der Waals surface area contributed by atoms with Crippen molar-refractivity contribution in [1.82, 2.24) is 0 Å². The van der Waals surface area contributed by atoms with Gasteiger partial charge in [-0.1, -0.05) is 33.1 Å². The van der Waals surface area contributed by atoms with E-state index in [2.05, 4.69) is 13.8 Å². The van der Waals surface area contributed by atoms with Gasteiger partial charge in [0, 0.05) is 0 Å². The van der Waals surface area contributed by atoms with Crippen LogP contribution in [-0.2, 0) is 13.6 Å². The van der Waals surface area contributed by atoms with E-state index in [-0.39, 0.29) is 5.66 Å². The van der Waals surface area contributed by atoms with Gasteiger partial charge in [-0.25, -0.2) is 0 Å². The molecule has 1 unspecified atom stereocenters. The second kappa shape index (κ2) is 9.21. The van der Waals surface area contributed by atoms with E-state index in [0.29, 0.717) is 13.2 Å². The summed E-state index contributed by atoms with van der Waals surface area (Å²) in [6.45, 7) is 8.88. The van der Waals surface area contributed by atoms with Crippen molar-refractivity contribution in [2.75, 3.05) is 13.2 Å². The van der Waals surface area contributed by atoms with Crippen LogP contribution in [0.2, 0.25) is 0 Å². The van der Waals surface area contributed by atoms with Crippen molar-refractivity contribution < 1.29 is 13.6 Å². The highest BCUT2D eigenvalue weighted by Gasteiger charge is 2.33. The molecule has 0 rings (SSSR count). The molecule has 0 aromatic rings. The SMILES string of the molecule is CCCCCC(CC)P(=O)(OCC)OCC. The average molecular weight is 250 g/mol. The molecule has 0 bridgehead atoms. The van der Waals surface area contributed by atoms with Crippen molar-refractivity contribution in [3.63, 3.8) is 0 Å². The van der Waals surface area contributed by atoms with Crippen molar-refractivity contribution in [3.05, 3.63) is 0 Å². The zero-order chi connectivity index (χ0) is 12.4. The van der Waals surface area contributed by atoms with E-state index in [1.807, 2.05) is 13.8 Å². The van der Waals surface area contributed by atoms with Gasteiger partial charge in [0.25, 0.3) is 0 Å². The fourth-order valence-electron chi connectivity index (χ4n) is 1.82. The Hall–Kier alpha value is 0.150. The van der Waals surface area contributed by atoms with E-state index < -0.39 is 7.60 Å². The van der Waals surface area contributed by atoms with Crippen LogP contribution in [0.25, 0.3) is 0 Å². The molecule has 0 aliphatic heterocycles. The van der Waals surface area contributed by atoms with Crippen molar-refractivity contribution in [2.45, 2.75) is 65.5 Å². The first-order chi connectivity index (χ1) is 7.64. The molecular weight excluding hydrogens is 223 g/mol. The van der Waals surface area contributed by atoms with Crippen LogP contribution in [0.4, 0.5) is 0 Å². The van der Waals surface area contributed by atoms with Gasteiger partial charge in [0.1, 0.15) is 0 Å². The topological polar surface area (TPSA) is 35.5 Å². The lowest BCUT2D eigenvalue weighted by molar-refractivity contribution is 0.209. The maximum Gasteiger partial charge on any atom is 0.333 e. The maximum absolute atomic E-state index is 12.5. The monoisotopic (exact) mass is 250 g/mol. The minimum absolute atomic E-state index is 0.0685. The fourth-order valence-corrected chi connectivity index (χ4v) is 3.99. The number of hydrogen-bond acceptors (Lipinski definition) is 3. The van der Waals surface area contributed by atoms with Crippen LogP contribution in [-0.4, -0.2) is 18.9 Å². The van der Waals surface area contributed by atoms with Gasteiger partial charge in [-0.3, -0.25) is 4.57 Å². The van der Waals surface area contributed by atoms with Gasteiger partial charge in [-0.05, 0) is 26.7 Å². The predicted octanol–water partition coefficient (Wildman–Crippen LogP) is 4.61. The molecule has 0 aromatic heterocycles. The van der Waals surface area contributed by atoms with Crippen LogP contribution in [0, 0.1) is 0 Å². The molecule has 0 amide bonds. The van der Waals surface area contributed by atoms with Crippen LogP contribution >= 0.6 is 7.60 Å². The summed E-state index contributed by atoms with van der Waals surface area (Å²) in [6, 6.07) is 0. The number of unbranched alkanes of at least 4 members (excludes halogenated alkanes) is 2. The van der Waals surface area contributed by atoms with Crippen LogP contribution in [0.15, 0.2) is 0 Å². The molecule has 0 saturated carbocycles. The molecule has 0 N–H and O–H groups in total. The number of hydrogen-bond donors (Lipinski definition) is 0. The van der Waals surface area contributed by atoms with Gasteiger partial charge in [0.2, 0.25) is 0 Å². The normalized spacial score (nSPS) is 14.0. The van der Waals surface area contributed by atoms with Crippen molar-refractivity contribution >= 4 is 7.60 Å². The summed E-state index contributed by atoms with van der Waals surface area (Å²) in [5.41, 5.74) is 0.0685. The minimum Gasteiger partial charge on any atom is -0.309 e. The first kappa shape index (κ1) is 16.1. The van der Waals surface area contributed by atoms with Crippen molar-refractivity contribution in [2.24, 2.45) is 0 Å². The Morgan fingerprint density at radius 2 is 1.56 bits per heavy atom.